The Morgan fingerprint density at radius 3 is 1.82 bits per heavy atom. The summed E-state index contributed by atoms with van der Waals surface area (Å²) in [4.78, 5) is 16.9. The summed E-state index contributed by atoms with van der Waals surface area (Å²) in [6, 6.07) is 25.5. The van der Waals surface area contributed by atoms with Gasteiger partial charge in [0.15, 0.2) is 11.7 Å². The monoisotopic (exact) mass is 570 g/mol. The summed E-state index contributed by atoms with van der Waals surface area (Å²) in [7, 11) is -0.188. The second kappa shape index (κ2) is 17.6. The van der Waals surface area contributed by atoms with E-state index in [4.69, 9.17) is 39.5 Å². The zero-order chi connectivity index (χ0) is 28.4. The molecule has 11 nitrogen and oxygen atoms in total. The van der Waals surface area contributed by atoms with E-state index in [1.807, 2.05) is 60.7 Å². The molecule has 0 spiro atoms. The molecule has 0 saturated heterocycles. The van der Waals surface area contributed by atoms with Crippen LogP contribution in [0.1, 0.15) is 11.3 Å². The lowest BCUT2D eigenvalue weighted by Crippen LogP contribution is -2.31. The highest BCUT2D eigenvalue weighted by Crippen LogP contribution is 2.51. The van der Waals surface area contributed by atoms with Crippen LogP contribution in [0.25, 0.3) is 0 Å². The zero-order valence-electron chi connectivity index (χ0n) is 22.3. The molecule has 1 amide bonds. The topological polar surface area (TPSA) is 149 Å². The Morgan fingerprint density at radius 1 is 0.775 bits per heavy atom. The van der Waals surface area contributed by atoms with Crippen molar-refractivity contribution in [3.63, 3.8) is 0 Å². The van der Waals surface area contributed by atoms with Crippen LogP contribution >= 0.6 is 8.38 Å². The molecule has 1 unspecified atom stereocenters. The van der Waals surface area contributed by atoms with Crippen molar-refractivity contribution in [2.45, 2.75) is 5.78 Å². The van der Waals surface area contributed by atoms with E-state index in [0.717, 1.165) is 0 Å². The number of benzene rings is 3. The van der Waals surface area contributed by atoms with Gasteiger partial charge in [-0.25, -0.2) is 9.79 Å². The van der Waals surface area contributed by atoms with Gasteiger partial charge in [-0.3, -0.25) is 0 Å². The fraction of sp³-hybridized carbons (Fsp3) is 0.286. The lowest BCUT2D eigenvalue weighted by Gasteiger charge is -2.27. The van der Waals surface area contributed by atoms with E-state index in [0.29, 0.717) is 49.2 Å². The Kier molecular flexibility index (Phi) is 13.5. The molecule has 12 heteroatoms. The van der Waals surface area contributed by atoms with Crippen molar-refractivity contribution in [1.29, 1.82) is 0 Å². The summed E-state index contributed by atoms with van der Waals surface area (Å²) in [5.74, 6) is 0.397. The number of ether oxygens (including phenoxy) is 4. The quantitative estimate of drug-likeness (QED) is 0.0925. The predicted molar refractivity (Wildman–Crippen MR) is 154 cm³/mol. The number of nitrogens with zero attached hydrogens (tertiary/aromatic N) is 1. The van der Waals surface area contributed by atoms with Gasteiger partial charge in [0, 0.05) is 7.11 Å². The van der Waals surface area contributed by atoms with E-state index in [2.05, 4.69) is 10.3 Å². The van der Waals surface area contributed by atoms with Crippen molar-refractivity contribution in [1.82, 2.24) is 5.32 Å². The number of nitrogens with one attached hydrogen (secondary N) is 1. The molecule has 0 aromatic heterocycles. The molecule has 3 aromatic carbocycles. The third-order valence-electron chi connectivity index (χ3n) is 5.07. The normalized spacial score (nSPS) is 11.4. The van der Waals surface area contributed by atoms with E-state index < -0.39 is 20.3 Å². The van der Waals surface area contributed by atoms with Crippen LogP contribution < -0.4 is 25.8 Å². The van der Waals surface area contributed by atoms with Gasteiger partial charge in [-0.1, -0.05) is 48.5 Å². The van der Waals surface area contributed by atoms with Gasteiger partial charge in [-0.05, 0) is 42.0 Å². The molecule has 0 saturated carbocycles. The van der Waals surface area contributed by atoms with Gasteiger partial charge in [-0.15, -0.1) is 0 Å². The average Bonchev–Trinajstić information content (AvgIpc) is 2.96. The van der Waals surface area contributed by atoms with E-state index >= 15 is 0 Å². The molecule has 0 aliphatic rings. The van der Waals surface area contributed by atoms with Crippen molar-refractivity contribution in [2.75, 3.05) is 46.8 Å². The predicted octanol–water partition coefficient (Wildman–Crippen LogP) is 4.47. The van der Waals surface area contributed by atoms with Crippen molar-refractivity contribution < 1.29 is 32.8 Å². The number of aliphatic imine (C=N–C) groups is 1. The molecule has 40 heavy (non-hydrogen) atoms. The van der Waals surface area contributed by atoms with Crippen molar-refractivity contribution >= 4 is 26.1 Å². The Morgan fingerprint density at radius 2 is 1.30 bits per heavy atom. The third-order valence-corrected chi connectivity index (χ3v) is 6.70. The maximum Gasteiger partial charge on any atom is 0.408 e. The summed E-state index contributed by atoms with van der Waals surface area (Å²) < 4.78 is 33.7. The highest BCUT2D eigenvalue weighted by Gasteiger charge is 2.32. The summed E-state index contributed by atoms with van der Waals surface area (Å²) in [5.41, 5.74) is 12.3. The number of carbonyl (C=O) groups excluding carboxylic acids is 1. The van der Waals surface area contributed by atoms with Crippen LogP contribution in [0, 0.1) is 0 Å². The first-order chi connectivity index (χ1) is 19.5. The molecular weight excluding hydrogens is 535 g/mol. The SMILES string of the molecule is COCCOCCOCCOC(=O)NC(c1ccc(N=C(N)N)cc1)P(Oc1ccccc1)Oc1ccccc1. The smallest absolute Gasteiger partial charge is 0.408 e. The van der Waals surface area contributed by atoms with Crippen molar-refractivity contribution in [2.24, 2.45) is 16.5 Å². The molecule has 0 aliphatic heterocycles. The first-order valence-electron chi connectivity index (χ1n) is 12.6. The molecule has 0 bridgehead atoms. The first-order valence-corrected chi connectivity index (χ1v) is 13.8. The van der Waals surface area contributed by atoms with Crippen LogP contribution in [0.3, 0.4) is 0 Å². The number of alkyl carbamates (subject to hydrolysis) is 1. The minimum Gasteiger partial charge on any atom is -0.447 e. The Labute approximate surface area is 235 Å². The van der Waals surface area contributed by atoms with Crippen LogP contribution in [0.4, 0.5) is 10.5 Å². The lowest BCUT2D eigenvalue weighted by molar-refractivity contribution is 0.0130. The zero-order valence-corrected chi connectivity index (χ0v) is 23.2. The van der Waals surface area contributed by atoms with Gasteiger partial charge < -0.3 is 44.8 Å². The maximum atomic E-state index is 12.9. The largest absolute Gasteiger partial charge is 0.447 e. The van der Waals surface area contributed by atoms with Crippen molar-refractivity contribution in [3.05, 3.63) is 90.5 Å². The highest BCUT2D eigenvalue weighted by molar-refractivity contribution is 7.48. The maximum absolute atomic E-state index is 12.9. The van der Waals surface area contributed by atoms with E-state index in [-0.39, 0.29) is 19.2 Å². The molecule has 5 N–H and O–H groups in total. The number of para-hydroxylation sites is 2. The van der Waals surface area contributed by atoms with Crippen LogP contribution in [-0.4, -0.2) is 58.8 Å². The van der Waals surface area contributed by atoms with Gasteiger partial charge in [0.05, 0.1) is 38.7 Å². The summed E-state index contributed by atoms with van der Waals surface area (Å²) >= 11 is 0. The van der Waals surface area contributed by atoms with Gasteiger partial charge in [0.1, 0.15) is 18.1 Å². The van der Waals surface area contributed by atoms with Gasteiger partial charge in [0.2, 0.25) is 0 Å². The second-order valence-electron chi connectivity index (χ2n) is 8.12. The third kappa shape index (κ3) is 11.5. The minimum absolute atomic E-state index is 0.0526. The molecule has 0 heterocycles. The summed E-state index contributed by atoms with van der Waals surface area (Å²) in [5, 5.41) is 2.90. The van der Waals surface area contributed by atoms with Gasteiger partial charge in [-0.2, -0.15) is 0 Å². The van der Waals surface area contributed by atoms with E-state index in [1.54, 1.807) is 31.4 Å². The molecule has 0 aliphatic carbocycles. The van der Waals surface area contributed by atoms with E-state index in [9.17, 15) is 4.79 Å². The van der Waals surface area contributed by atoms with Gasteiger partial charge >= 0.3 is 14.5 Å². The summed E-state index contributed by atoms with van der Waals surface area (Å²) in [6.45, 7) is 2.08. The fourth-order valence-electron chi connectivity index (χ4n) is 3.24. The number of hydrogen-bond donors (Lipinski definition) is 3. The fourth-order valence-corrected chi connectivity index (χ4v) is 4.78. The van der Waals surface area contributed by atoms with Gasteiger partial charge in [0.25, 0.3) is 0 Å². The molecule has 3 aromatic rings. The molecule has 0 radical (unpaired) electrons. The minimum atomic E-state index is -1.80. The highest BCUT2D eigenvalue weighted by atomic mass is 31.2. The average molecular weight is 571 g/mol. The van der Waals surface area contributed by atoms with E-state index in [1.165, 1.54) is 0 Å². The van der Waals surface area contributed by atoms with Crippen molar-refractivity contribution in [3.8, 4) is 11.5 Å². The lowest BCUT2D eigenvalue weighted by atomic mass is 10.2. The van der Waals surface area contributed by atoms with Crippen LogP contribution in [0.5, 0.6) is 11.5 Å². The molecule has 0 fully saturated rings. The molecule has 1 atom stereocenters. The van der Waals surface area contributed by atoms with Crippen LogP contribution in [-0.2, 0) is 18.9 Å². The number of hydrogen-bond acceptors (Lipinski definition) is 8. The second-order valence-corrected chi connectivity index (χ2v) is 9.57. The Bertz CT molecular complexity index is 1110. The summed E-state index contributed by atoms with van der Waals surface area (Å²) in [6.07, 6.45) is -0.654. The number of nitrogens with two attached hydrogens (primary N) is 2. The molecular formula is C28H35N4O7P. The van der Waals surface area contributed by atoms with Crippen LogP contribution in [0.2, 0.25) is 0 Å². The molecule has 214 valence electrons. The number of methoxy groups -OCH3 is 1. The van der Waals surface area contributed by atoms with Crippen LogP contribution in [0.15, 0.2) is 89.9 Å². The number of carbonyl (C=O) groups is 1. The number of guanidine groups is 1. The Balaban J connectivity index is 1.72. The Hall–Kier alpha value is -3.89. The number of rotatable bonds is 17. The standard InChI is InChI=1S/C28H35N4O7P/c1-34-16-17-35-18-19-36-20-21-37-28(33)32-26(22-12-14-23(15-13-22)31-27(29)30)40(38-24-8-4-2-5-9-24)39-25-10-6-3-7-11-25/h2-15,26H,16-21H2,1H3,(H,32,33)(H4,29,30,31). The first kappa shape index (κ1) is 30.6. The number of amides is 1. The molecule has 3 rings (SSSR count).